The zero-order chi connectivity index (χ0) is 31.4. The van der Waals surface area contributed by atoms with E-state index in [1.54, 1.807) is 6.20 Å². The summed E-state index contributed by atoms with van der Waals surface area (Å²) in [6.45, 7) is 0. The lowest BCUT2D eigenvalue weighted by Gasteiger charge is -2.31. The monoisotopic (exact) mass is 609 g/mol. The molecule has 0 saturated carbocycles. The molecule has 0 atom stereocenters. The van der Waals surface area contributed by atoms with Gasteiger partial charge in [-0.05, 0) is 101 Å². The first-order valence-electron chi connectivity index (χ1n) is 16.5. The average molecular weight is 610 g/mol. The zero-order valence-corrected chi connectivity index (χ0v) is 25.9. The lowest BCUT2D eigenvalue weighted by Crippen LogP contribution is -2.26. The molecule has 0 saturated heterocycles. The number of rotatable bonds is 2. The normalized spacial score (nSPS) is 13.6. The van der Waals surface area contributed by atoms with Gasteiger partial charge >= 0.3 is 0 Å². The van der Waals surface area contributed by atoms with Gasteiger partial charge in [0.05, 0.1) is 11.1 Å². The number of aromatic nitrogens is 3. The molecule has 3 nitrogen and oxygen atoms in total. The van der Waals surface area contributed by atoms with Crippen LogP contribution in [0.5, 0.6) is 0 Å². The topological polar surface area (TPSA) is 30.2 Å². The molecule has 0 fully saturated rings. The van der Waals surface area contributed by atoms with Crippen LogP contribution < -0.4 is 0 Å². The van der Waals surface area contributed by atoms with Gasteiger partial charge in [-0.1, -0.05) is 121 Å². The van der Waals surface area contributed by atoms with Crippen molar-refractivity contribution >= 4 is 27.3 Å². The van der Waals surface area contributed by atoms with Gasteiger partial charge in [-0.25, -0.2) is 9.97 Å². The summed E-state index contributed by atoms with van der Waals surface area (Å²) in [5.41, 5.74) is 14.8. The Balaban J connectivity index is 1.13. The quantitative estimate of drug-likeness (QED) is 0.195. The van der Waals surface area contributed by atoms with Crippen LogP contribution in [-0.4, -0.2) is 14.4 Å². The third-order valence-corrected chi connectivity index (χ3v) is 10.7. The SMILES string of the molecule is c1ccc2c(c1)-c1ccccc1C21c2cc3ccccc3cc2-c2ccc3cc(-c4ccc(-c5cn6cccnc6n5)cc4)ccc3c21. The van der Waals surface area contributed by atoms with Crippen LogP contribution in [0.4, 0.5) is 0 Å². The summed E-state index contributed by atoms with van der Waals surface area (Å²) in [6.07, 6.45) is 5.79. The first-order valence-corrected chi connectivity index (χ1v) is 16.5. The van der Waals surface area contributed by atoms with Gasteiger partial charge in [0.2, 0.25) is 5.78 Å². The number of fused-ring (bicyclic) bond motifs is 14. The molecule has 0 radical (unpaired) electrons. The molecule has 0 amide bonds. The molecule has 48 heavy (non-hydrogen) atoms. The van der Waals surface area contributed by atoms with Crippen LogP contribution in [0.3, 0.4) is 0 Å². The number of benzene rings is 7. The van der Waals surface area contributed by atoms with Crippen molar-refractivity contribution in [3.05, 3.63) is 186 Å². The molecule has 2 aliphatic carbocycles. The maximum absolute atomic E-state index is 4.71. The van der Waals surface area contributed by atoms with Crippen molar-refractivity contribution in [3.63, 3.8) is 0 Å². The van der Waals surface area contributed by atoms with E-state index in [9.17, 15) is 0 Å². The molecule has 9 aromatic rings. The van der Waals surface area contributed by atoms with Crippen molar-refractivity contribution in [2.24, 2.45) is 0 Å². The standard InChI is InChI=1S/C45H27N3/c1-2-9-31-26-41-38(25-30(31)8-1)37-21-19-33-24-32(28-14-16-29(17-15-28)42-27-48-23-7-22-46-44(48)47-42)18-20-34(33)43(37)45(41)39-12-5-3-10-35(39)36-11-4-6-13-40(36)45/h1-27H. The zero-order valence-electron chi connectivity index (χ0n) is 25.9. The van der Waals surface area contributed by atoms with Gasteiger partial charge in [0.15, 0.2) is 0 Å². The van der Waals surface area contributed by atoms with Crippen molar-refractivity contribution < 1.29 is 0 Å². The summed E-state index contributed by atoms with van der Waals surface area (Å²) in [5, 5.41) is 5.11. The Kier molecular flexibility index (Phi) is 5.04. The molecule has 0 unspecified atom stereocenters. The molecule has 0 bridgehead atoms. The highest BCUT2D eigenvalue weighted by molar-refractivity contribution is 6.06. The molecule has 2 heterocycles. The fraction of sp³-hybridized carbons (Fsp3) is 0.0222. The summed E-state index contributed by atoms with van der Waals surface area (Å²) in [4.78, 5) is 9.09. The van der Waals surface area contributed by atoms with Crippen molar-refractivity contribution in [3.8, 4) is 44.6 Å². The van der Waals surface area contributed by atoms with Gasteiger partial charge in [-0.2, -0.15) is 0 Å². The Morgan fingerprint density at radius 3 is 1.94 bits per heavy atom. The van der Waals surface area contributed by atoms with Crippen LogP contribution in [0.15, 0.2) is 164 Å². The average Bonchev–Trinajstić information content (AvgIpc) is 3.81. The minimum absolute atomic E-state index is 0.395. The second-order valence-electron chi connectivity index (χ2n) is 13.0. The maximum Gasteiger partial charge on any atom is 0.234 e. The Morgan fingerprint density at radius 1 is 0.479 bits per heavy atom. The third-order valence-electron chi connectivity index (χ3n) is 10.7. The van der Waals surface area contributed by atoms with Crippen LogP contribution in [-0.2, 0) is 5.41 Å². The van der Waals surface area contributed by atoms with E-state index in [2.05, 4.69) is 145 Å². The van der Waals surface area contributed by atoms with E-state index in [4.69, 9.17) is 4.98 Å². The minimum atomic E-state index is -0.395. The van der Waals surface area contributed by atoms with Gasteiger partial charge in [-0.15, -0.1) is 0 Å². The van der Waals surface area contributed by atoms with Crippen LogP contribution in [0.2, 0.25) is 0 Å². The molecule has 222 valence electrons. The largest absolute Gasteiger partial charge is 0.291 e. The molecule has 11 rings (SSSR count). The molecule has 2 aliphatic rings. The molecular formula is C45H27N3. The van der Waals surface area contributed by atoms with E-state index in [-0.39, 0.29) is 0 Å². The highest BCUT2D eigenvalue weighted by atomic mass is 15.1. The number of hydrogen-bond acceptors (Lipinski definition) is 2. The highest BCUT2D eigenvalue weighted by Crippen LogP contribution is 2.64. The van der Waals surface area contributed by atoms with Crippen molar-refractivity contribution in [1.82, 2.24) is 14.4 Å². The van der Waals surface area contributed by atoms with Crippen molar-refractivity contribution in [2.75, 3.05) is 0 Å². The van der Waals surface area contributed by atoms with Gasteiger partial charge in [0, 0.05) is 24.2 Å². The fourth-order valence-electron chi connectivity index (χ4n) is 8.64. The van der Waals surface area contributed by atoms with E-state index in [1.165, 1.54) is 77.2 Å². The Bertz CT molecular complexity index is 2710. The summed E-state index contributed by atoms with van der Waals surface area (Å²) in [6, 6.07) is 54.1. The smallest absolute Gasteiger partial charge is 0.234 e. The summed E-state index contributed by atoms with van der Waals surface area (Å²) >= 11 is 0. The molecular weight excluding hydrogens is 583 g/mol. The van der Waals surface area contributed by atoms with E-state index >= 15 is 0 Å². The van der Waals surface area contributed by atoms with Crippen LogP contribution in [0.1, 0.15) is 22.3 Å². The Morgan fingerprint density at radius 2 is 1.17 bits per heavy atom. The van der Waals surface area contributed by atoms with Crippen molar-refractivity contribution in [2.45, 2.75) is 5.41 Å². The predicted octanol–water partition coefficient (Wildman–Crippen LogP) is 10.7. The Hall–Kier alpha value is -6.32. The molecule has 2 aromatic heterocycles. The van der Waals surface area contributed by atoms with Gasteiger partial charge < -0.3 is 0 Å². The molecule has 0 aliphatic heterocycles. The molecule has 7 aromatic carbocycles. The van der Waals surface area contributed by atoms with E-state index in [1.807, 2.05) is 22.9 Å². The van der Waals surface area contributed by atoms with Crippen LogP contribution in [0, 0.1) is 0 Å². The summed E-state index contributed by atoms with van der Waals surface area (Å²) in [7, 11) is 0. The fourth-order valence-corrected chi connectivity index (χ4v) is 8.64. The van der Waals surface area contributed by atoms with E-state index in [0.717, 1.165) is 11.3 Å². The van der Waals surface area contributed by atoms with Crippen LogP contribution in [0.25, 0.3) is 72.0 Å². The first kappa shape index (κ1) is 25.8. The minimum Gasteiger partial charge on any atom is -0.291 e. The van der Waals surface area contributed by atoms with E-state index < -0.39 is 5.41 Å². The summed E-state index contributed by atoms with van der Waals surface area (Å²) < 4.78 is 1.96. The highest BCUT2D eigenvalue weighted by Gasteiger charge is 2.52. The predicted molar refractivity (Wildman–Crippen MR) is 195 cm³/mol. The number of hydrogen-bond donors (Lipinski definition) is 0. The Labute approximate surface area is 277 Å². The third kappa shape index (κ3) is 3.32. The lowest BCUT2D eigenvalue weighted by atomic mass is 9.69. The van der Waals surface area contributed by atoms with Gasteiger partial charge in [0.25, 0.3) is 0 Å². The van der Waals surface area contributed by atoms with E-state index in [0.29, 0.717) is 5.78 Å². The van der Waals surface area contributed by atoms with Crippen molar-refractivity contribution in [1.29, 1.82) is 0 Å². The second kappa shape index (κ2) is 9.37. The first-order chi connectivity index (χ1) is 23.8. The second-order valence-corrected chi connectivity index (χ2v) is 13.0. The number of nitrogens with zero attached hydrogens (tertiary/aromatic N) is 3. The number of imidazole rings is 1. The van der Waals surface area contributed by atoms with Crippen LogP contribution >= 0.6 is 0 Å². The maximum atomic E-state index is 4.71. The molecule has 1 spiro atoms. The van der Waals surface area contributed by atoms with Gasteiger partial charge in [0.1, 0.15) is 0 Å². The summed E-state index contributed by atoms with van der Waals surface area (Å²) in [5.74, 6) is 0.708. The molecule has 0 N–H and O–H groups in total. The van der Waals surface area contributed by atoms with Gasteiger partial charge in [-0.3, -0.25) is 4.40 Å². The lowest BCUT2D eigenvalue weighted by molar-refractivity contribution is 0.802. The molecule has 3 heteroatoms.